The highest BCUT2D eigenvalue weighted by molar-refractivity contribution is 9.10. The minimum atomic E-state index is -1.13. The van der Waals surface area contributed by atoms with Crippen LogP contribution in [0.2, 0.25) is 0 Å². The van der Waals surface area contributed by atoms with Crippen molar-refractivity contribution in [1.29, 1.82) is 0 Å². The van der Waals surface area contributed by atoms with Gasteiger partial charge >= 0.3 is 0 Å². The van der Waals surface area contributed by atoms with Gasteiger partial charge in [0.2, 0.25) is 0 Å². The van der Waals surface area contributed by atoms with Gasteiger partial charge in [-0.1, -0.05) is 34.1 Å². The average Bonchev–Trinajstić information content (AvgIpc) is 2.82. The summed E-state index contributed by atoms with van der Waals surface area (Å²) in [7, 11) is -1.13. The van der Waals surface area contributed by atoms with E-state index in [1.54, 1.807) is 6.07 Å². The number of ether oxygens (including phenoxy) is 1. The summed E-state index contributed by atoms with van der Waals surface area (Å²) in [5.41, 5.74) is 7.63. The summed E-state index contributed by atoms with van der Waals surface area (Å²) in [6.07, 6.45) is 0. The Hall–Kier alpha value is -1.33. The lowest BCUT2D eigenvalue weighted by atomic mass is 10.0. The molecule has 0 radical (unpaired) electrons. The second-order valence-corrected chi connectivity index (χ2v) is 7.12. The molecule has 1 aliphatic rings. The van der Waals surface area contributed by atoms with Gasteiger partial charge in [0.15, 0.2) is 0 Å². The molecular weight excluding hydrogens is 338 g/mol. The standard InChI is InChI=1S/C15H14BrNO2S/c16-11-5-6-15(13(17)7-11)20(18)9-10-8-19-14-4-2-1-3-12(10)14/h1-7,10H,8-9,17H2. The van der Waals surface area contributed by atoms with Crippen LogP contribution in [0.25, 0.3) is 0 Å². The average molecular weight is 352 g/mol. The Morgan fingerprint density at radius 1 is 1.30 bits per heavy atom. The molecule has 1 heterocycles. The Bertz CT molecular complexity index is 675. The van der Waals surface area contributed by atoms with E-state index in [9.17, 15) is 4.21 Å². The minimum Gasteiger partial charge on any atom is -0.493 e. The number of nitrogens with two attached hydrogens (primary N) is 1. The molecule has 0 aliphatic carbocycles. The first-order chi connectivity index (χ1) is 9.65. The number of nitrogen functional groups attached to an aromatic ring is 1. The van der Waals surface area contributed by atoms with Gasteiger partial charge in [-0.25, -0.2) is 0 Å². The van der Waals surface area contributed by atoms with Gasteiger partial charge in [0, 0.05) is 27.4 Å². The van der Waals surface area contributed by atoms with Gasteiger partial charge in [0.05, 0.1) is 22.3 Å². The Labute approximate surface area is 128 Å². The first kappa shape index (κ1) is 13.6. The quantitative estimate of drug-likeness (QED) is 0.863. The van der Waals surface area contributed by atoms with Crippen LogP contribution in [0.1, 0.15) is 11.5 Å². The third-order valence-corrected chi connectivity index (χ3v) is 5.43. The van der Waals surface area contributed by atoms with E-state index in [1.165, 1.54) is 0 Å². The van der Waals surface area contributed by atoms with E-state index in [0.717, 1.165) is 15.8 Å². The van der Waals surface area contributed by atoms with Crippen molar-refractivity contribution in [2.24, 2.45) is 0 Å². The SMILES string of the molecule is Nc1cc(Br)ccc1S(=O)CC1COc2ccccc21. The van der Waals surface area contributed by atoms with E-state index in [0.29, 0.717) is 22.9 Å². The Morgan fingerprint density at radius 2 is 2.10 bits per heavy atom. The molecule has 2 atom stereocenters. The topological polar surface area (TPSA) is 52.3 Å². The molecule has 1 aliphatic heterocycles. The maximum absolute atomic E-state index is 12.5. The van der Waals surface area contributed by atoms with Gasteiger partial charge in [-0.3, -0.25) is 4.21 Å². The molecule has 2 aromatic carbocycles. The van der Waals surface area contributed by atoms with Gasteiger partial charge in [-0.05, 0) is 24.3 Å². The number of hydrogen-bond donors (Lipinski definition) is 1. The van der Waals surface area contributed by atoms with Crippen molar-refractivity contribution in [2.75, 3.05) is 18.1 Å². The van der Waals surface area contributed by atoms with E-state index in [1.807, 2.05) is 36.4 Å². The van der Waals surface area contributed by atoms with Gasteiger partial charge in [0.1, 0.15) is 5.75 Å². The summed E-state index contributed by atoms with van der Waals surface area (Å²) >= 11 is 3.36. The third-order valence-electron chi connectivity index (χ3n) is 3.37. The summed E-state index contributed by atoms with van der Waals surface area (Å²) in [4.78, 5) is 0.692. The lowest BCUT2D eigenvalue weighted by molar-refractivity contribution is 0.338. The molecule has 0 bridgehead atoms. The number of benzene rings is 2. The molecule has 104 valence electrons. The highest BCUT2D eigenvalue weighted by Crippen LogP contribution is 2.35. The van der Waals surface area contributed by atoms with Gasteiger partial charge in [-0.15, -0.1) is 0 Å². The summed E-state index contributed by atoms with van der Waals surface area (Å²) in [6, 6.07) is 13.4. The Balaban J connectivity index is 1.81. The molecule has 2 aromatic rings. The Kier molecular flexibility index (Phi) is 3.81. The number of para-hydroxylation sites is 1. The highest BCUT2D eigenvalue weighted by Gasteiger charge is 2.26. The number of fused-ring (bicyclic) bond motifs is 1. The van der Waals surface area contributed by atoms with Gasteiger partial charge < -0.3 is 10.5 Å². The van der Waals surface area contributed by atoms with Crippen molar-refractivity contribution in [1.82, 2.24) is 0 Å². The fourth-order valence-corrected chi connectivity index (χ4v) is 4.11. The number of hydrogen-bond acceptors (Lipinski definition) is 3. The fourth-order valence-electron chi connectivity index (χ4n) is 2.37. The minimum absolute atomic E-state index is 0.162. The first-order valence-corrected chi connectivity index (χ1v) is 8.41. The molecule has 2 unspecified atom stereocenters. The number of anilines is 1. The second-order valence-electron chi connectivity index (χ2n) is 4.74. The molecule has 3 nitrogen and oxygen atoms in total. The van der Waals surface area contributed by atoms with Crippen molar-refractivity contribution < 1.29 is 8.95 Å². The van der Waals surface area contributed by atoms with Gasteiger partial charge in [-0.2, -0.15) is 0 Å². The predicted molar refractivity (Wildman–Crippen MR) is 84.5 cm³/mol. The summed E-state index contributed by atoms with van der Waals surface area (Å²) in [5.74, 6) is 1.59. The largest absolute Gasteiger partial charge is 0.493 e. The molecule has 3 rings (SSSR count). The molecule has 5 heteroatoms. The van der Waals surface area contributed by atoms with E-state index in [2.05, 4.69) is 15.9 Å². The molecular formula is C15H14BrNO2S. The number of halogens is 1. The fraction of sp³-hybridized carbons (Fsp3) is 0.200. The van der Waals surface area contributed by atoms with Crippen molar-refractivity contribution in [2.45, 2.75) is 10.8 Å². The monoisotopic (exact) mass is 351 g/mol. The molecule has 0 aromatic heterocycles. The molecule has 2 N–H and O–H groups in total. The van der Waals surface area contributed by atoms with Crippen molar-refractivity contribution in [3.05, 3.63) is 52.5 Å². The lowest BCUT2D eigenvalue weighted by Gasteiger charge is -2.10. The zero-order valence-electron chi connectivity index (χ0n) is 10.7. The summed E-state index contributed by atoms with van der Waals surface area (Å²) < 4.78 is 19.0. The van der Waals surface area contributed by atoms with E-state index < -0.39 is 10.8 Å². The van der Waals surface area contributed by atoms with Gasteiger partial charge in [0.25, 0.3) is 0 Å². The smallest absolute Gasteiger partial charge is 0.122 e. The van der Waals surface area contributed by atoms with Crippen LogP contribution in [0.15, 0.2) is 51.8 Å². The van der Waals surface area contributed by atoms with Crippen LogP contribution in [0.3, 0.4) is 0 Å². The van der Waals surface area contributed by atoms with Crippen LogP contribution >= 0.6 is 15.9 Å². The van der Waals surface area contributed by atoms with E-state index >= 15 is 0 Å². The van der Waals surface area contributed by atoms with E-state index in [4.69, 9.17) is 10.5 Å². The van der Waals surface area contributed by atoms with Crippen LogP contribution < -0.4 is 10.5 Å². The number of rotatable bonds is 3. The normalized spacial score (nSPS) is 18.4. The molecule has 0 fully saturated rings. The van der Waals surface area contributed by atoms with Crippen LogP contribution in [0.4, 0.5) is 5.69 Å². The first-order valence-electron chi connectivity index (χ1n) is 6.30. The molecule has 0 saturated carbocycles. The van der Waals surface area contributed by atoms with Crippen LogP contribution in [0.5, 0.6) is 5.75 Å². The molecule has 20 heavy (non-hydrogen) atoms. The van der Waals surface area contributed by atoms with Crippen molar-refractivity contribution in [3.8, 4) is 5.75 Å². The molecule has 0 spiro atoms. The van der Waals surface area contributed by atoms with Crippen molar-refractivity contribution in [3.63, 3.8) is 0 Å². The van der Waals surface area contributed by atoms with E-state index in [-0.39, 0.29) is 5.92 Å². The van der Waals surface area contributed by atoms with Crippen LogP contribution in [-0.2, 0) is 10.8 Å². The maximum Gasteiger partial charge on any atom is 0.122 e. The zero-order valence-corrected chi connectivity index (χ0v) is 13.1. The van der Waals surface area contributed by atoms with Crippen LogP contribution in [-0.4, -0.2) is 16.6 Å². The summed E-state index contributed by atoms with van der Waals surface area (Å²) in [6.45, 7) is 0.585. The lowest BCUT2D eigenvalue weighted by Crippen LogP contribution is -2.12. The molecule has 0 amide bonds. The third kappa shape index (κ3) is 2.60. The van der Waals surface area contributed by atoms with Crippen molar-refractivity contribution >= 4 is 32.4 Å². The zero-order chi connectivity index (χ0) is 14.1. The Morgan fingerprint density at radius 3 is 2.90 bits per heavy atom. The summed E-state index contributed by atoms with van der Waals surface area (Å²) in [5, 5.41) is 0. The maximum atomic E-state index is 12.5. The highest BCUT2D eigenvalue weighted by atomic mass is 79.9. The predicted octanol–water partition coefficient (Wildman–Crippen LogP) is 3.32. The van der Waals surface area contributed by atoms with Crippen LogP contribution in [0, 0.1) is 0 Å². The molecule has 0 saturated heterocycles. The second kappa shape index (κ2) is 5.58.